The molecule has 3 aromatic heterocycles. The first-order valence-corrected chi connectivity index (χ1v) is 36.5. The van der Waals surface area contributed by atoms with Crippen LogP contribution in [0.15, 0.2) is 143 Å². The van der Waals surface area contributed by atoms with Crippen LogP contribution in [0.1, 0.15) is 183 Å². The molecule has 0 bridgehead atoms. The number of amides is 2. The summed E-state index contributed by atoms with van der Waals surface area (Å²) in [7, 11) is 0. The average Bonchev–Trinajstić information content (AvgIpc) is 1.59. The molecule has 94 heavy (non-hydrogen) atoms. The van der Waals surface area contributed by atoms with Gasteiger partial charge in [-0.05, 0) is 123 Å². The second-order valence-electron chi connectivity index (χ2n) is 24.1. The molecule has 9 aromatic rings. The van der Waals surface area contributed by atoms with Gasteiger partial charge in [0.15, 0.2) is 0 Å². The Hall–Kier alpha value is -5.30. The molecule has 0 spiro atoms. The second kappa shape index (κ2) is 40.4. The van der Waals surface area contributed by atoms with Gasteiger partial charge in [0.05, 0.1) is 31.8 Å². The first kappa shape index (κ1) is 79.4. The Morgan fingerprint density at radius 3 is 1.45 bits per heavy atom. The van der Waals surface area contributed by atoms with Gasteiger partial charge in [-0.3, -0.25) is 9.59 Å². The molecule has 0 saturated carbocycles. The predicted molar refractivity (Wildman–Crippen MR) is 406 cm³/mol. The molecule has 2 N–H and O–H groups in total. The second-order valence-corrected chi connectivity index (χ2v) is 27.2. The summed E-state index contributed by atoms with van der Waals surface area (Å²) in [6.45, 7) is 25.5. The van der Waals surface area contributed by atoms with Gasteiger partial charge >= 0.3 is 19.5 Å². The number of thiazole rings is 2. The maximum atomic E-state index is 14.3. The monoisotopic (exact) mass is 1450 g/mol. The summed E-state index contributed by atoms with van der Waals surface area (Å²) >= 11 is 17.3. The molecule has 2 amide bonds. The molecule has 1 aliphatic heterocycles. The van der Waals surface area contributed by atoms with Gasteiger partial charge in [0, 0.05) is 58.9 Å². The number of benzene rings is 6. The fraction of sp³-hybridized carbons (Fsp3) is 0.385. The summed E-state index contributed by atoms with van der Waals surface area (Å²) < 4.78 is 1.99. The van der Waals surface area contributed by atoms with Crippen molar-refractivity contribution in [3.05, 3.63) is 189 Å². The fourth-order valence-corrected chi connectivity index (χ4v) is 14.4. The van der Waals surface area contributed by atoms with Gasteiger partial charge < -0.3 is 45.9 Å². The molecule has 3 unspecified atom stereocenters. The van der Waals surface area contributed by atoms with E-state index in [0.29, 0.717) is 66.7 Å². The number of anilines is 1. The quantitative estimate of drug-likeness (QED) is 0.0331. The van der Waals surface area contributed by atoms with Crippen molar-refractivity contribution in [3.8, 4) is 21.7 Å². The van der Waals surface area contributed by atoms with Gasteiger partial charge in [-0.1, -0.05) is 238 Å². The topological polar surface area (TPSA) is 123 Å². The van der Waals surface area contributed by atoms with Gasteiger partial charge in [-0.15, -0.1) is 22.7 Å². The van der Waals surface area contributed by atoms with Gasteiger partial charge in [0.2, 0.25) is 5.91 Å². The van der Waals surface area contributed by atoms with Gasteiger partial charge in [0.25, 0.3) is 5.91 Å². The van der Waals surface area contributed by atoms with E-state index in [9.17, 15) is 9.59 Å². The molecule has 488 valence electrons. The third kappa shape index (κ3) is 21.3. The summed E-state index contributed by atoms with van der Waals surface area (Å²) in [5, 5.41) is 7.76. The van der Waals surface area contributed by atoms with E-state index >= 15 is 0 Å². The van der Waals surface area contributed by atoms with E-state index in [1.165, 1.54) is 99.7 Å². The molecular formula is C78H94N7O2S5Zn2-. The zero-order valence-corrected chi connectivity index (χ0v) is 67.7. The summed E-state index contributed by atoms with van der Waals surface area (Å²) in [4.78, 5) is 54.8. The predicted octanol–water partition coefficient (Wildman–Crippen LogP) is 21.4. The van der Waals surface area contributed by atoms with E-state index < -0.39 is 0 Å². The van der Waals surface area contributed by atoms with Crippen LogP contribution in [-0.2, 0) is 64.2 Å². The first-order chi connectivity index (χ1) is 44.5. The number of hydrogen-bond donors (Lipinski definition) is 3. The minimum atomic E-state index is -0.302. The van der Waals surface area contributed by atoms with Gasteiger partial charge in [-0.25, -0.2) is 15.0 Å². The Morgan fingerprint density at radius 1 is 0.543 bits per heavy atom. The smallest absolute Gasteiger partial charge is 0.792 e. The zero-order chi connectivity index (χ0) is 66.3. The van der Waals surface area contributed by atoms with Crippen molar-refractivity contribution in [3.63, 3.8) is 0 Å². The molecule has 0 saturated heterocycles. The minimum Gasteiger partial charge on any atom is -0.792 e. The molecule has 4 heterocycles. The van der Waals surface area contributed by atoms with Crippen molar-refractivity contribution in [1.82, 2.24) is 20.3 Å². The number of hydrogen-bond acceptors (Lipinski definition) is 10. The summed E-state index contributed by atoms with van der Waals surface area (Å²) in [5.74, 6) is 6.20. The summed E-state index contributed by atoms with van der Waals surface area (Å²) in [5.41, 5.74) is 13.0. The molecule has 3 atom stereocenters. The van der Waals surface area contributed by atoms with Crippen LogP contribution in [0, 0.1) is 59.3 Å². The number of amidine groups is 2. The Kier molecular flexibility index (Phi) is 34.1. The number of thiol groups is 1. The largest absolute Gasteiger partial charge is 2.00 e. The van der Waals surface area contributed by atoms with Crippen LogP contribution in [0.3, 0.4) is 0 Å². The maximum Gasteiger partial charge on any atom is 2.00 e. The number of nitrogens with zero attached hydrogens (tertiary/aromatic N) is 5. The van der Waals surface area contributed by atoms with E-state index in [-0.39, 0.29) is 50.8 Å². The number of aryl methyl sites for hydroxylation is 6. The molecule has 6 aromatic carbocycles. The Morgan fingerprint density at radius 2 is 0.989 bits per heavy atom. The van der Waals surface area contributed by atoms with Crippen molar-refractivity contribution in [2.75, 3.05) is 22.6 Å². The molecule has 0 radical (unpaired) electrons. The number of nitrogens with one attached hydrogen (secondary N) is 2. The Labute approximate surface area is 611 Å². The third-order valence-corrected chi connectivity index (χ3v) is 20.6. The molecular weight excluding hydrogens is 1360 g/mol. The minimum absolute atomic E-state index is 0. The molecule has 16 heteroatoms. The normalized spacial score (nSPS) is 13.1. The van der Waals surface area contributed by atoms with Crippen LogP contribution in [0.25, 0.3) is 53.3 Å². The van der Waals surface area contributed by atoms with Crippen LogP contribution in [0.2, 0.25) is 0 Å². The van der Waals surface area contributed by atoms with Crippen LogP contribution >= 0.6 is 35.3 Å². The first-order valence-electron chi connectivity index (χ1n) is 33.1. The molecule has 9 nitrogen and oxygen atoms in total. The average molecular weight is 1450 g/mol. The number of para-hydroxylation sites is 2. The number of aliphatic imine (C=N–C) groups is 2. The molecule has 0 aliphatic carbocycles. The standard InChI is InChI=1S/C54H43N7O2S2.3C8H18S.2Zn/c1-29-23-25-35(33(5)27-29)43-45(53-55-39-19-11-13-21-41(39)64-53)49(60-51(62)37-17-9-7-15-31(37)3)58-47(43)57-48-44(36-26-24-30(2)28-34(36)6)46(54-56-40-20-12-14-22-42(40)65-54)50(59-48)61-52(63)38-18-10-8-16-32(38)4;3*1-3-5-6-8(4-2)7-9;;/h7-28H,1-6H3,(H3,55,56,57,58,59,60,61,62,63);3*8-9H,3-7H2,1-2H3;;/q;;;;;+2/p-3. The number of unbranched alkanes of at least 4 members (excludes halogenated alkanes) is 3. The number of carbonyl (C=O) groups excluding carboxylic acids is 2. The number of carbonyl (C=O) groups is 2. The third-order valence-electron chi connectivity index (χ3n) is 17.0. The van der Waals surface area contributed by atoms with Gasteiger partial charge in [-0.2, -0.15) is 24.1 Å². The summed E-state index contributed by atoms with van der Waals surface area (Å²) in [6.07, 6.45) is 15.9. The molecule has 0 fully saturated rings. The van der Waals surface area contributed by atoms with Crippen LogP contribution in [0.4, 0.5) is 11.6 Å². The fourth-order valence-electron chi connectivity index (χ4n) is 11.1. The SMILES string of the molecule is CCCCC(CC)CS.CCCCC(CC)C[S-].CCCCC(CC)C[S-].Cc1ccc(C2=C(c3nc4ccccc4s3)C(NC(=O)c3ccccc3C)=NC2=Nc2[n-]c(NC(=O)c3ccccc3C)c(-c3nc4ccccc4s3)c2-c2ccc(C)cc2C)c(C)c1.[Zn+2].[Zn]. The number of fused-ring (bicyclic) bond motifs is 2. The van der Waals surface area contributed by atoms with Crippen LogP contribution in [0.5, 0.6) is 0 Å². The molecule has 10 rings (SSSR count). The van der Waals surface area contributed by atoms with Crippen LogP contribution in [-0.4, -0.2) is 50.7 Å². The summed E-state index contributed by atoms with van der Waals surface area (Å²) in [6, 6.07) is 43.5. The van der Waals surface area contributed by atoms with Crippen molar-refractivity contribution in [2.24, 2.45) is 27.7 Å². The zero-order valence-electron chi connectivity index (χ0n) is 57.6. The van der Waals surface area contributed by atoms with Crippen molar-refractivity contribution in [1.29, 1.82) is 0 Å². The molecule has 1 aliphatic rings. The van der Waals surface area contributed by atoms with E-state index in [1.54, 1.807) is 0 Å². The van der Waals surface area contributed by atoms with E-state index in [0.717, 1.165) is 100.0 Å². The van der Waals surface area contributed by atoms with E-state index in [1.807, 2.05) is 111 Å². The Balaban J connectivity index is 0.000000463. The van der Waals surface area contributed by atoms with E-state index in [4.69, 9.17) is 50.2 Å². The number of rotatable bonds is 23. The Bertz CT molecular complexity index is 3880. The maximum absolute atomic E-state index is 14.3. The number of aromatic nitrogens is 3. The van der Waals surface area contributed by atoms with Crippen molar-refractivity contribution < 1.29 is 48.5 Å². The van der Waals surface area contributed by atoms with Crippen LogP contribution < -0.4 is 15.6 Å². The van der Waals surface area contributed by atoms with Crippen molar-refractivity contribution >= 4 is 127 Å². The van der Waals surface area contributed by atoms with E-state index in [2.05, 4.69) is 129 Å². The van der Waals surface area contributed by atoms with Crippen molar-refractivity contribution in [2.45, 2.75) is 160 Å². The van der Waals surface area contributed by atoms with Gasteiger partial charge in [0.1, 0.15) is 15.9 Å².